The maximum Gasteiger partial charge on any atom is 0.271 e. The number of non-ortho nitro benzene ring substituents is 1. The number of benzene rings is 1. The van der Waals surface area contributed by atoms with Gasteiger partial charge in [-0.25, -0.2) is 4.39 Å². The van der Waals surface area contributed by atoms with E-state index in [1.165, 1.54) is 0 Å². The lowest BCUT2D eigenvalue weighted by molar-refractivity contribution is -0.384. The number of hydrogen-bond acceptors (Lipinski definition) is 5. The molecule has 1 aliphatic carbocycles. The van der Waals surface area contributed by atoms with E-state index in [1.807, 2.05) is 0 Å². The highest BCUT2D eigenvalue weighted by Gasteiger charge is 2.48. The summed E-state index contributed by atoms with van der Waals surface area (Å²) in [4.78, 5) is 47.7. The second-order valence-corrected chi connectivity index (χ2v) is 6.23. The van der Waals surface area contributed by atoms with Gasteiger partial charge in [0.15, 0.2) is 0 Å². The maximum absolute atomic E-state index is 13.7. The van der Waals surface area contributed by atoms with E-state index in [1.54, 1.807) is 0 Å². The Labute approximate surface area is 142 Å². The van der Waals surface area contributed by atoms with Crippen molar-refractivity contribution in [1.82, 2.24) is 4.90 Å². The highest BCUT2D eigenvalue weighted by atomic mass is 19.1. The molecule has 1 aromatic rings. The quantitative estimate of drug-likeness (QED) is 0.507. The van der Waals surface area contributed by atoms with Gasteiger partial charge in [0, 0.05) is 12.1 Å². The van der Waals surface area contributed by atoms with Gasteiger partial charge < -0.3 is 5.32 Å². The Morgan fingerprint density at radius 3 is 2.40 bits per heavy atom. The van der Waals surface area contributed by atoms with Crippen molar-refractivity contribution in [2.24, 2.45) is 11.8 Å². The molecule has 132 valence electrons. The average Bonchev–Trinajstić information content (AvgIpc) is 2.82. The van der Waals surface area contributed by atoms with Crippen LogP contribution >= 0.6 is 0 Å². The molecule has 2 fully saturated rings. The largest absolute Gasteiger partial charge is 0.322 e. The van der Waals surface area contributed by atoms with Crippen LogP contribution in [0.15, 0.2) is 18.2 Å². The fraction of sp³-hybridized carbons (Fsp3) is 0.438. The van der Waals surface area contributed by atoms with Crippen LogP contribution in [0.1, 0.15) is 25.7 Å². The van der Waals surface area contributed by atoms with Gasteiger partial charge in [0.1, 0.15) is 12.4 Å². The van der Waals surface area contributed by atoms with E-state index in [0.29, 0.717) is 12.8 Å². The zero-order valence-corrected chi connectivity index (χ0v) is 13.2. The van der Waals surface area contributed by atoms with E-state index < -0.39 is 23.2 Å². The summed E-state index contributed by atoms with van der Waals surface area (Å²) in [6.07, 6.45) is 3.01. The Balaban J connectivity index is 1.71. The molecule has 2 atom stereocenters. The van der Waals surface area contributed by atoms with Crippen molar-refractivity contribution in [3.8, 4) is 0 Å². The highest BCUT2D eigenvalue weighted by molar-refractivity contribution is 6.08. The molecule has 8 nitrogen and oxygen atoms in total. The molecule has 0 spiro atoms. The second-order valence-electron chi connectivity index (χ2n) is 6.23. The van der Waals surface area contributed by atoms with Crippen LogP contribution in [0, 0.1) is 27.8 Å². The fourth-order valence-electron chi connectivity index (χ4n) is 3.44. The van der Waals surface area contributed by atoms with E-state index >= 15 is 0 Å². The molecule has 9 heteroatoms. The summed E-state index contributed by atoms with van der Waals surface area (Å²) in [5.74, 6) is -3.10. The van der Waals surface area contributed by atoms with E-state index in [-0.39, 0.29) is 35.0 Å². The number of halogens is 1. The Kier molecular flexibility index (Phi) is 4.47. The first-order chi connectivity index (χ1) is 11.9. The van der Waals surface area contributed by atoms with E-state index in [2.05, 4.69) is 5.32 Å². The normalized spacial score (nSPS) is 22.7. The third-order valence-electron chi connectivity index (χ3n) is 4.67. The van der Waals surface area contributed by atoms with Crippen molar-refractivity contribution in [2.45, 2.75) is 25.7 Å². The number of likely N-dealkylation sites (tertiary alicyclic amines) is 1. The van der Waals surface area contributed by atoms with Crippen molar-refractivity contribution >= 4 is 29.1 Å². The van der Waals surface area contributed by atoms with Crippen molar-refractivity contribution < 1.29 is 23.7 Å². The number of nitro groups is 1. The highest BCUT2D eigenvalue weighted by Crippen LogP contribution is 2.37. The Bertz CT molecular complexity index is 742. The summed E-state index contributed by atoms with van der Waals surface area (Å²) in [6.45, 7) is -0.521. The van der Waals surface area contributed by atoms with Gasteiger partial charge >= 0.3 is 0 Å². The molecule has 1 N–H and O–H groups in total. The molecule has 0 radical (unpaired) electrons. The minimum atomic E-state index is -0.841. The van der Waals surface area contributed by atoms with E-state index in [4.69, 9.17) is 0 Å². The number of imide groups is 1. The molecule has 1 saturated carbocycles. The summed E-state index contributed by atoms with van der Waals surface area (Å²) in [6, 6.07) is 2.73. The van der Waals surface area contributed by atoms with Gasteiger partial charge in [0.05, 0.1) is 22.4 Å². The number of anilines is 1. The van der Waals surface area contributed by atoms with E-state index in [9.17, 15) is 28.9 Å². The van der Waals surface area contributed by atoms with Gasteiger partial charge in [-0.05, 0) is 18.9 Å². The molecule has 3 rings (SSSR count). The lowest BCUT2D eigenvalue weighted by Gasteiger charge is -2.19. The van der Waals surface area contributed by atoms with E-state index in [0.717, 1.165) is 35.9 Å². The molecule has 2 aliphatic rings. The molecular formula is C16H16FN3O5. The predicted octanol–water partition coefficient (Wildman–Crippen LogP) is 1.85. The molecule has 1 aliphatic heterocycles. The second kappa shape index (κ2) is 6.58. The summed E-state index contributed by atoms with van der Waals surface area (Å²) < 4.78 is 13.7. The molecule has 0 unspecified atom stereocenters. The maximum atomic E-state index is 13.7. The SMILES string of the molecule is O=C(CN1C(=O)[C@H]2CCCC[C@@H]2C1=O)Nc1cc([N+](=O)[O-])ccc1F. The first kappa shape index (κ1) is 17.0. The zero-order valence-electron chi connectivity index (χ0n) is 13.2. The lowest BCUT2D eigenvalue weighted by atomic mass is 9.81. The lowest BCUT2D eigenvalue weighted by Crippen LogP contribution is -2.38. The molecule has 3 amide bonds. The van der Waals surface area contributed by atoms with Crippen molar-refractivity contribution in [3.05, 3.63) is 34.1 Å². The molecule has 1 aromatic carbocycles. The van der Waals surface area contributed by atoms with Gasteiger partial charge in [-0.15, -0.1) is 0 Å². The number of carbonyl (C=O) groups excluding carboxylic acids is 3. The number of hydrogen-bond donors (Lipinski definition) is 1. The number of nitro benzene ring substituents is 1. The minimum absolute atomic E-state index is 0.365. The number of fused-ring (bicyclic) bond motifs is 1. The first-order valence-corrected chi connectivity index (χ1v) is 7.97. The Morgan fingerprint density at radius 2 is 1.84 bits per heavy atom. The number of nitrogens with zero attached hydrogens (tertiary/aromatic N) is 2. The van der Waals surface area contributed by atoms with Gasteiger partial charge in [-0.3, -0.25) is 29.4 Å². The van der Waals surface area contributed by atoms with Crippen LogP contribution in [0.3, 0.4) is 0 Å². The Morgan fingerprint density at radius 1 is 1.24 bits per heavy atom. The van der Waals surface area contributed by atoms with Crippen LogP contribution in [0.5, 0.6) is 0 Å². The Hall–Kier alpha value is -2.84. The predicted molar refractivity (Wildman–Crippen MR) is 83.9 cm³/mol. The molecular weight excluding hydrogens is 333 g/mol. The molecule has 0 aromatic heterocycles. The van der Waals surface area contributed by atoms with Gasteiger partial charge in [0.2, 0.25) is 17.7 Å². The number of rotatable bonds is 4. The monoisotopic (exact) mass is 349 g/mol. The van der Waals surface area contributed by atoms with Crippen LogP contribution < -0.4 is 5.32 Å². The molecule has 0 bridgehead atoms. The van der Waals surface area contributed by atoms with Crippen molar-refractivity contribution in [1.29, 1.82) is 0 Å². The summed E-state index contributed by atoms with van der Waals surface area (Å²) in [5, 5.41) is 12.9. The van der Waals surface area contributed by atoms with Crippen LogP contribution in [-0.4, -0.2) is 34.1 Å². The molecule has 1 saturated heterocycles. The standard InChI is InChI=1S/C16H16FN3O5/c17-12-6-5-9(20(24)25)7-13(12)18-14(21)8-19-15(22)10-3-1-2-4-11(10)16(19)23/h5-7,10-11H,1-4,8H2,(H,18,21)/t10-,11-/m0/s1. The van der Waals surface area contributed by atoms with Gasteiger partial charge in [0.25, 0.3) is 5.69 Å². The van der Waals surface area contributed by atoms with Gasteiger partial charge in [-0.2, -0.15) is 0 Å². The first-order valence-electron chi connectivity index (χ1n) is 7.97. The topological polar surface area (TPSA) is 110 Å². The number of amides is 3. The summed E-state index contributed by atoms with van der Waals surface area (Å²) in [5.41, 5.74) is -0.744. The van der Waals surface area contributed by atoms with Crippen molar-refractivity contribution in [3.63, 3.8) is 0 Å². The van der Waals surface area contributed by atoms with Crippen molar-refractivity contribution in [2.75, 3.05) is 11.9 Å². The number of nitrogens with one attached hydrogen (secondary N) is 1. The number of carbonyl (C=O) groups is 3. The van der Waals surface area contributed by atoms with Crippen LogP contribution in [0.4, 0.5) is 15.8 Å². The third-order valence-corrected chi connectivity index (χ3v) is 4.67. The fourth-order valence-corrected chi connectivity index (χ4v) is 3.44. The minimum Gasteiger partial charge on any atom is -0.322 e. The summed E-state index contributed by atoms with van der Waals surface area (Å²) in [7, 11) is 0. The smallest absolute Gasteiger partial charge is 0.271 e. The summed E-state index contributed by atoms with van der Waals surface area (Å²) >= 11 is 0. The third kappa shape index (κ3) is 3.21. The van der Waals surface area contributed by atoms with Crippen LogP contribution in [-0.2, 0) is 14.4 Å². The van der Waals surface area contributed by atoms with Gasteiger partial charge in [-0.1, -0.05) is 12.8 Å². The zero-order chi connectivity index (χ0) is 18.1. The van der Waals surface area contributed by atoms with Crippen LogP contribution in [0.25, 0.3) is 0 Å². The average molecular weight is 349 g/mol. The molecule has 25 heavy (non-hydrogen) atoms. The molecule has 1 heterocycles. The van der Waals surface area contributed by atoms with Crippen LogP contribution in [0.2, 0.25) is 0 Å².